The Kier molecular flexibility index (Phi) is 9.19. The van der Waals surface area contributed by atoms with Gasteiger partial charge in [0.15, 0.2) is 5.78 Å². The van der Waals surface area contributed by atoms with Gasteiger partial charge in [-0.2, -0.15) is 12.6 Å². The summed E-state index contributed by atoms with van der Waals surface area (Å²) in [4.78, 5) is 25.9. The van der Waals surface area contributed by atoms with E-state index in [4.69, 9.17) is 16.2 Å². The zero-order chi connectivity index (χ0) is 21.5. The normalized spacial score (nSPS) is 33.8. The molecular weight excluding hydrogens is 386 g/mol. The highest BCUT2D eigenvalue weighted by Crippen LogP contribution is 2.46. The van der Waals surface area contributed by atoms with Crippen molar-refractivity contribution in [3.05, 3.63) is 12.2 Å². The van der Waals surface area contributed by atoms with Crippen LogP contribution in [0.4, 0.5) is 0 Å². The number of esters is 1. The Bertz CT molecular complexity index is 600. The summed E-state index contributed by atoms with van der Waals surface area (Å²) in [6.07, 6.45) is 10.6. The van der Waals surface area contributed by atoms with E-state index in [-0.39, 0.29) is 29.6 Å². The Hall–Kier alpha value is -0.890. The predicted octanol–water partition coefficient (Wildman–Crippen LogP) is 2.36. The fraction of sp³-hybridized carbons (Fsp3) is 0.818. The number of ether oxygens (including phenoxy) is 1. The fourth-order valence-electron chi connectivity index (χ4n) is 4.94. The summed E-state index contributed by atoms with van der Waals surface area (Å²) < 4.78 is 5.21. The smallest absolute Gasteiger partial charge is 0.326 e. The maximum atomic E-state index is 13.5. The number of ketones is 1. The van der Waals surface area contributed by atoms with E-state index < -0.39 is 11.1 Å². The molecule has 0 radical (unpaired) electrons. The van der Waals surface area contributed by atoms with Gasteiger partial charge in [-0.25, -0.2) is 0 Å². The van der Waals surface area contributed by atoms with Crippen LogP contribution in [0.2, 0.25) is 0 Å². The molecule has 5 N–H and O–H groups in total. The van der Waals surface area contributed by atoms with Crippen LogP contribution < -0.4 is 16.8 Å². The minimum absolute atomic E-state index is 0.0874. The lowest BCUT2D eigenvalue weighted by Gasteiger charge is -2.50. The first-order valence-electron chi connectivity index (χ1n) is 11.1. The van der Waals surface area contributed by atoms with Gasteiger partial charge in [-0.05, 0) is 31.1 Å². The van der Waals surface area contributed by atoms with Crippen molar-refractivity contribution in [2.24, 2.45) is 23.3 Å². The van der Waals surface area contributed by atoms with Gasteiger partial charge < -0.3 is 21.5 Å². The zero-order valence-electron chi connectivity index (χ0n) is 18.0. The van der Waals surface area contributed by atoms with Crippen molar-refractivity contribution in [1.82, 2.24) is 5.32 Å². The van der Waals surface area contributed by atoms with Crippen LogP contribution in [0, 0.1) is 11.8 Å². The summed E-state index contributed by atoms with van der Waals surface area (Å²) in [5.74, 6) is 0.182. The number of hydrogen-bond donors (Lipinski definition) is 4. The highest BCUT2D eigenvalue weighted by molar-refractivity contribution is 7.80. The molecule has 6 nitrogen and oxygen atoms in total. The third-order valence-electron chi connectivity index (χ3n) is 6.86. The fourth-order valence-corrected chi connectivity index (χ4v) is 5.07. The second-order valence-corrected chi connectivity index (χ2v) is 9.11. The van der Waals surface area contributed by atoms with Crippen molar-refractivity contribution in [2.45, 2.75) is 82.3 Å². The highest BCUT2D eigenvalue weighted by atomic mass is 32.1. The lowest BCUT2D eigenvalue weighted by atomic mass is 9.59. The molecular formula is C22H39N3O3S. The molecule has 2 rings (SSSR count). The molecule has 0 amide bonds. The van der Waals surface area contributed by atoms with Gasteiger partial charge in [-0.3, -0.25) is 9.59 Å². The first-order chi connectivity index (χ1) is 13.8. The Morgan fingerprint density at radius 3 is 2.79 bits per heavy atom. The molecule has 2 aliphatic rings. The molecule has 0 aromatic carbocycles. The van der Waals surface area contributed by atoms with Crippen LogP contribution in [-0.2, 0) is 14.3 Å². The van der Waals surface area contributed by atoms with Crippen LogP contribution in [0.5, 0.6) is 0 Å². The van der Waals surface area contributed by atoms with Crippen molar-refractivity contribution in [2.75, 3.05) is 18.9 Å². The monoisotopic (exact) mass is 425 g/mol. The molecule has 1 aliphatic heterocycles. The molecule has 0 aromatic heterocycles. The summed E-state index contributed by atoms with van der Waals surface area (Å²) in [5.41, 5.74) is 10.9. The van der Waals surface area contributed by atoms with Gasteiger partial charge in [0, 0.05) is 31.2 Å². The molecule has 1 unspecified atom stereocenters. The Balaban J connectivity index is 2.24. The summed E-state index contributed by atoms with van der Waals surface area (Å²) in [6, 6.07) is -0.140. The number of rotatable bonds is 11. The van der Waals surface area contributed by atoms with Crippen LogP contribution in [0.15, 0.2) is 12.2 Å². The van der Waals surface area contributed by atoms with Crippen molar-refractivity contribution in [1.29, 1.82) is 0 Å². The van der Waals surface area contributed by atoms with Gasteiger partial charge in [0.25, 0.3) is 0 Å². The van der Waals surface area contributed by atoms with Crippen molar-refractivity contribution >= 4 is 24.4 Å². The molecule has 1 saturated carbocycles. The SMILES string of the molecule is CCCCC=CCC(=O)[C@]1(NC[C@@H](N)CS)CCCC([C@]2(N)CCOC2=O)[C@@H]1C. The van der Waals surface area contributed by atoms with Crippen LogP contribution in [0.1, 0.15) is 65.2 Å². The summed E-state index contributed by atoms with van der Waals surface area (Å²) >= 11 is 4.28. The molecule has 0 spiro atoms. The number of cyclic esters (lactones) is 1. The number of Topliss-reactive ketones (excluding diaryl/α,β-unsaturated/α-hetero) is 1. The number of nitrogens with one attached hydrogen (secondary N) is 1. The largest absolute Gasteiger partial charge is 0.464 e. The van der Waals surface area contributed by atoms with Crippen molar-refractivity contribution in [3.8, 4) is 0 Å². The summed E-state index contributed by atoms with van der Waals surface area (Å²) in [7, 11) is 0. The Labute approximate surface area is 181 Å². The van der Waals surface area contributed by atoms with Gasteiger partial charge in [-0.1, -0.05) is 45.3 Å². The molecule has 1 saturated heterocycles. The van der Waals surface area contributed by atoms with Gasteiger partial charge in [-0.15, -0.1) is 0 Å². The molecule has 0 bridgehead atoms. The molecule has 166 valence electrons. The van der Waals surface area contributed by atoms with E-state index >= 15 is 0 Å². The van der Waals surface area contributed by atoms with Crippen molar-refractivity contribution in [3.63, 3.8) is 0 Å². The number of carbonyl (C=O) groups is 2. The van der Waals surface area contributed by atoms with Gasteiger partial charge in [0.2, 0.25) is 0 Å². The zero-order valence-corrected chi connectivity index (χ0v) is 18.9. The van der Waals surface area contributed by atoms with Gasteiger partial charge in [0.05, 0.1) is 12.1 Å². The topological polar surface area (TPSA) is 107 Å². The second-order valence-electron chi connectivity index (χ2n) is 8.75. The average molecular weight is 426 g/mol. The van der Waals surface area contributed by atoms with E-state index in [1.165, 1.54) is 0 Å². The van der Waals surface area contributed by atoms with Crippen LogP contribution in [-0.4, -0.2) is 47.8 Å². The van der Waals surface area contributed by atoms with E-state index in [9.17, 15) is 9.59 Å². The van der Waals surface area contributed by atoms with E-state index in [0.717, 1.165) is 38.5 Å². The van der Waals surface area contributed by atoms with Gasteiger partial charge >= 0.3 is 5.97 Å². The molecule has 1 aliphatic carbocycles. The molecule has 2 fully saturated rings. The number of hydrogen-bond acceptors (Lipinski definition) is 7. The quantitative estimate of drug-likeness (QED) is 0.175. The number of thiol groups is 1. The first kappa shape index (κ1) is 24.4. The van der Waals surface area contributed by atoms with E-state index in [1.807, 2.05) is 6.08 Å². The highest BCUT2D eigenvalue weighted by Gasteiger charge is 2.57. The minimum atomic E-state index is -1.00. The second kappa shape index (κ2) is 10.9. The maximum absolute atomic E-state index is 13.5. The lowest BCUT2D eigenvalue weighted by Crippen LogP contribution is -2.66. The summed E-state index contributed by atoms with van der Waals surface area (Å²) in [6.45, 7) is 5.08. The van der Waals surface area contributed by atoms with E-state index in [0.29, 0.717) is 31.7 Å². The average Bonchev–Trinajstić information content (AvgIpc) is 3.05. The third kappa shape index (κ3) is 5.43. The van der Waals surface area contributed by atoms with Crippen LogP contribution >= 0.6 is 12.6 Å². The number of nitrogens with two attached hydrogens (primary N) is 2. The molecule has 0 aromatic rings. The number of allylic oxidation sites excluding steroid dienone is 2. The summed E-state index contributed by atoms with van der Waals surface area (Å²) in [5, 5.41) is 3.51. The van der Waals surface area contributed by atoms with Gasteiger partial charge in [0.1, 0.15) is 5.54 Å². The lowest BCUT2D eigenvalue weighted by molar-refractivity contribution is -0.147. The standard InChI is InChI=1S/C22H39N3O3S/c1-3-4-5-6-7-10-19(26)22(25-14-17(23)15-29)11-8-9-18(16(22)2)21(24)12-13-28-20(21)27/h6-7,16-18,25,29H,3-5,8-15,23-24H2,1-2H3/t16-,17+,18?,21+,22-/m0/s1. The number of unbranched alkanes of at least 4 members (excludes halogenated alkanes) is 2. The third-order valence-corrected chi connectivity index (χ3v) is 7.33. The predicted molar refractivity (Wildman–Crippen MR) is 120 cm³/mol. The van der Waals surface area contributed by atoms with Crippen LogP contribution in [0.25, 0.3) is 0 Å². The van der Waals surface area contributed by atoms with E-state index in [2.05, 4.69) is 37.9 Å². The Morgan fingerprint density at radius 2 is 2.17 bits per heavy atom. The molecule has 1 heterocycles. The number of carbonyl (C=O) groups excluding carboxylic acids is 2. The molecule has 29 heavy (non-hydrogen) atoms. The van der Waals surface area contributed by atoms with E-state index in [1.54, 1.807) is 0 Å². The first-order valence-corrected chi connectivity index (χ1v) is 11.7. The minimum Gasteiger partial charge on any atom is -0.464 e. The maximum Gasteiger partial charge on any atom is 0.326 e. The Morgan fingerprint density at radius 1 is 1.41 bits per heavy atom. The molecule has 7 heteroatoms. The van der Waals surface area contributed by atoms with Crippen molar-refractivity contribution < 1.29 is 14.3 Å². The van der Waals surface area contributed by atoms with Crippen LogP contribution in [0.3, 0.4) is 0 Å². The molecule has 5 atom stereocenters.